The number of carbonyl (C=O) groups is 2. The topological polar surface area (TPSA) is 58.6 Å². The van der Waals surface area contributed by atoms with Gasteiger partial charge in [-0.1, -0.05) is 18.2 Å². The molecule has 0 unspecified atom stereocenters. The van der Waals surface area contributed by atoms with E-state index in [2.05, 4.69) is 5.32 Å². The van der Waals surface area contributed by atoms with Crippen LogP contribution in [-0.2, 0) is 9.59 Å². The maximum Gasteiger partial charge on any atom is 0.226 e. The van der Waals surface area contributed by atoms with Gasteiger partial charge in [-0.25, -0.2) is 0 Å². The Morgan fingerprint density at radius 3 is 2.44 bits per heavy atom. The molecule has 0 fully saturated rings. The van der Waals surface area contributed by atoms with Crippen molar-refractivity contribution in [1.82, 2.24) is 0 Å². The summed E-state index contributed by atoms with van der Waals surface area (Å²) in [6, 6.07) is 13.3. The third-order valence-corrected chi connectivity index (χ3v) is 3.87. The van der Waals surface area contributed by atoms with Crippen molar-refractivity contribution in [3.8, 4) is 5.75 Å². The summed E-state index contributed by atoms with van der Waals surface area (Å²) in [5, 5.41) is 2.86. The Hall–Kier alpha value is -2.82. The lowest BCUT2D eigenvalue weighted by Crippen LogP contribution is -2.32. The van der Waals surface area contributed by atoms with Gasteiger partial charge in [-0.2, -0.15) is 0 Å². The molecule has 1 N–H and O–H groups in total. The van der Waals surface area contributed by atoms with Crippen molar-refractivity contribution in [2.45, 2.75) is 27.2 Å². The van der Waals surface area contributed by atoms with Crippen LogP contribution in [0, 0.1) is 13.8 Å². The second-order valence-corrected chi connectivity index (χ2v) is 6.01. The summed E-state index contributed by atoms with van der Waals surface area (Å²) in [6.07, 6.45) is 0.199. The molecule has 0 saturated heterocycles. The number of methoxy groups -OCH3 is 1. The van der Waals surface area contributed by atoms with Crippen molar-refractivity contribution >= 4 is 23.2 Å². The van der Waals surface area contributed by atoms with E-state index in [0.717, 1.165) is 16.8 Å². The zero-order valence-electron chi connectivity index (χ0n) is 15.1. The molecule has 0 heterocycles. The normalized spacial score (nSPS) is 10.2. The Balaban J connectivity index is 2.08. The molecule has 0 bridgehead atoms. The zero-order chi connectivity index (χ0) is 18.4. The Morgan fingerprint density at radius 2 is 1.80 bits per heavy atom. The van der Waals surface area contributed by atoms with E-state index in [4.69, 9.17) is 4.74 Å². The Labute approximate surface area is 148 Å². The lowest BCUT2D eigenvalue weighted by atomic mass is 10.1. The van der Waals surface area contributed by atoms with Crippen LogP contribution in [0.2, 0.25) is 0 Å². The van der Waals surface area contributed by atoms with Crippen LogP contribution in [0.5, 0.6) is 5.75 Å². The van der Waals surface area contributed by atoms with Gasteiger partial charge in [-0.15, -0.1) is 0 Å². The molecule has 5 heteroatoms. The average Bonchev–Trinajstić information content (AvgIpc) is 2.55. The summed E-state index contributed by atoms with van der Waals surface area (Å²) in [6.45, 7) is 5.69. The highest BCUT2D eigenvalue weighted by Gasteiger charge is 2.17. The highest BCUT2D eigenvalue weighted by atomic mass is 16.5. The number of aryl methyl sites for hydroxylation is 2. The van der Waals surface area contributed by atoms with Gasteiger partial charge in [-0.3, -0.25) is 9.59 Å². The molecule has 2 aromatic rings. The Morgan fingerprint density at radius 1 is 1.08 bits per heavy atom. The fourth-order valence-electron chi connectivity index (χ4n) is 2.62. The van der Waals surface area contributed by atoms with E-state index in [1.807, 2.05) is 56.3 Å². The van der Waals surface area contributed by atoms with Crippen LogP contribution >= 0.6 is 0 Å². The number of nitrogens with one attached hydrogen (secondary N) is 1. The summed E-state index contributed by atoms with van der Waals surface area (Å²) < 4.78 is 5.35. The Bertz CT molecular complexity index is 771. The van der Waals surface area contributed by atoms with E-state index in [1.54, 1.807) is 12.0 Å². The molecule has 25 heavy (non-hydrogen) atoms. The number of anilines is 2. The lowest BCUT2D eigenvalue weighted by molar-refractivity contribution is -0.117. The maximum atomic E-state index is 12.2. The van der Waals surface area contributed by atoms with Crippen LogP contribution in [-0.4, -0.2) is 25.5 Å². The molecule has 0 aliphatic rings. The van der Waals surface area contributed by atoms with E-state index >= 15 is 0 Å². The van der Waals surface area contributed by atoms with Gasteiger partial charge in [-0.05, 0) is 49.2 Å². The number of nitrogens with zero attached hydrogens (tertiary/aromatic N) is 1. The first-order valence-corrected chi connectivity index (χ1v) is 8.20. The molecule has 0 radical (unpaired) electrons. The number of rotatable bonds is 6. The van der Waals surface area contributed by atoms with Gasteiger partial charge in [0.15, 0.2) is 0 Å². The van der Waals surface area contributed by atoms with Crippen molar-refractivity contribution in [2.24, 2.45) is 0 Å². The molecule has 2 amide bonds. The maximum absolute atomic E-state index is 12.2. The van der Waals surface area contributed by atoms with Crippen LogP contribution in [0.1, 0.15) is 24.5 Å². The van der Waals surface area contributed by atoms with Gasteiger partial charge in [0.1, 0.15) is 5.75 Å². The fourth-order valence-corrected chi connectivity index (χ4v) is 2.62. The number of benzene rings is 2. The zero-order valence-corrected chi connectivity index (χ0v) is 15.1. The molecule has 0 aliphatic heterocycles. The third-order valence-electron chi connectivity index (χ3n) is 3.87. The molecule has 0 aliphatic carbocycles. The molecular weight excluding hydrogens is 316 g/mol. The lowest BCUT2D eigenvalue weighted by Gasteiger charge is -2.23. The van der Waals surface area contributed by atoms with E-state index in [1.165, 1.54) is 6.92 Å². The molecule has 0 atom stereocenters. The number of hydrogen-bond acceptors (Lipinski definition) is 3. The molecule has 132 valence electrons. The number of hydrogen-bond donors (Lipinski definition) is 1. The molecule has 0 saturated carbocycles. The SMILES string of the molecule is COc1ccc(C)cc1N(CCC(=O)Nc1cccc(C)c1)C(C)=O. The van der Waals surface area contributed by atoms with Crippen molar-refractivity contribution in [1.29, 1.82) is 0 Å². The second kappa shape index (κ2) is 8.33. The first-order valence-electron chi connectivity index (χ1n) is 8.20. The first kappa shape index (κ1) is 18.5. The quantitative estimate of drug-likeness (QED) is 0.872. The first-order chi connectivity index (χ1) is 11.9. The highest BCUT2D eigenvalue weighted by molar-refractivity contribution is 5.95. The Kier molecular flexibility index (Phi) is 6.17. The van der Waals surface area contributed by atoms with Gasteiger partial charge in [0.05, 0.1) is 12.8 Å². The summed E-state index contributed by atoms with van der Waals surface area (Å²) >= 11 is 0. The van der Waals surface area contributed by atoms with Crippen LogP contribution in [0.25, 0.3) is 0 Å². The minimum absolute atomic E-state index is 0.132. The highest BCUT2D eigenvalue weighted by Crippen LogP contribution is 2.29. The predicted octanol–water partition coefficient (Wildman–Crippen LogP) is 3.69. The van der Waals surface area contributed by atoms with Gasteiger partial charge in [0, 0.05) is 25.6 Å². The number of ether oxygens (including phenoxy) is 1. The van der Waals surface area contributed by atoms with E-state index in [0.29, 0.717) is 11.4 Å². The van der Waals surface area contributed by atoms with Gasteiger partial charge in [0.2, 0.25) is 11.8 Å². The van der Waals surface area contributed by atoms with Crippen LogP contribution in [0.15, 0.2) is 42.5 Å². The van der Waals surface area contributed by atoms with E-state index in [9.17, 15) is 9.59 Å². The van der Waals surface area contributed by atoms with Gasteiger partial charge < -0.3 is 15.0 Å². The molecular formula is C20H24N2O3. The minimum atomic E-state index is -0.136. The fraction of sp³-hybridized carbons (Fsp3) is 0.300. The smallest absolute Gasteiger partial charge is 0.226 e. The largest absolute Gasteiger partial charge is 0.495 e. The molecule has 2 aromatic carbocycles. The predicted molar refractivity (Wildman–Crippen MR) is 100 cm³/mol. The summed E-state index contributed by atoms with van der Waals surface area (Å²) in [7, 11) is 1.57. The van der Waals surface area contributed by atoms with Crippen molar-refractivity contribution in [2.75, 3.05) is 23.9 Å². The van der Waals surface area contributed by atoms with Crippen molar-refractivity contribution in [3.05, 3.63) is 53.6 Å². The molecule has 5 nitrogen and oxygen atoms in total. The average molecular weight is 340 g/mol. The van der Waals surface area contributed by atoms with Crippen LogP contribution in [0.4, 0.5) is 11.4 Å². The molecule has 2 rings (SSSR count). The van der Waals surface area contributed by atoms with Crippen molar-refractivity contribution in [3.63, 3.8) is 0 Å². The van der Waals surface area contributed by atoms with E-state index < -0.39 is 0 Å². The van der Waals surface area contributed by atoms with Crippen LogP contribution < -0.4 is 15.0 Å². The molecule has 0 spiro atoms. The minimum Gasteiger partial charge on any atom is -0.495 e. The second-order valence-electron chi connectivity index (χ2n) is 6.01. The van der Waals surface area contributed by atoms with Crippen LogP contribution in [0.3, 0.4) is 0 Å². The van der Waals surface area contributed by atoms with E-state index in [-0.39, 0.29) is 24.8 Å². The third kappa shape index (κ3) is 5.08. The monoisotopic (exact) mass is 340 g/mol. The summed E-state index contributed by atoms with van der Waals surface area (Å²) in [4.78, 5) is 25.9. The molecule has 0 aromatic heterocycles. The van der Waals surface area contributed by atoms with Gasteiger partial charge in [0.25, 0.3) is 0 Å². The summed E-state index contributed by atoms with van der Waals surface area (Å²) in [5.74, 6) is 0.343. The standard InChI is InChI=1S/C20H24N2O3/c1-14-6-5-7-17(12-14)21-20(24)10-11-22(16(3)23)18-13-15(2)8-9-19(18)25-4/h5-9,12-13H,10-11H2,1-4H3,(H,21,24). The van der Waals surface area contributed by atoms with Crippen molar-refractivity contribution < 1.29 is 14.3 Å². The van der Waals surface area contributed by atoms with Gasteiger partial charge >= 0.3 is 0 Å². The number of amides is 2. The number of carbonyl (C=O) groups excluding carboxylic acids is 2. The summed E-state index contributed by atoms with van der Waals surface area (Å²) in [5.41, 5.74) is 3.53.